The number of likely N-dealkylation sites (tertiary alicyclic amines) is 1. The first-order valence-electron chi connectivity index (χ1n) is 8.15. The number of rotatable bonds is 3. The molecule has 3 aromatic heterocycles. The first-order chi connectivity index (χ1) is 11.7. The number of carbonyl (C=O) groups is 1. The van der Waals surface area contributed by atoms with Crippen molar-refractivity contribution in [3.05, 3.63) is 52.7 Å². The molecule has 1 aliphatic heterocycles. The molecule has 0 saturated carbocycles. The highest BCUT2D eigenvalue weighted by molar-refractivity contribution is 6.30. The number of fused-ring (bicyclic) bond motifs is 1. The van der Waals surface area contributed by atoms with Gasteiger partial charge in [0.05, 0.1) is 22.5 Å². The third-order valence-electron chi connectivity index (χ3n) is 4.59. The Morgan fingerprint density at radius 2 is 2.29 bits per heavy atom. The van der Waals surface area contributed by atoms with Crippen molar-refractivity contribution in [3.8, 4) is 0 Å². The molecule has 1 unspecified atom stereocenters. The third-order valence-corrected chi connectivity index (χ3v) is 4.81. The van der Waals surface area contributed by atoms with E-state index in [9.17, 15) is 4.79 Å². The number of aromatic amines is 1. The molecule has 0 spiro atoms. The second kappa shape index (κ2) is 5.94. The zero-order chi connectivity index (χ0) is 16.7. The van der Waals surface area contributed by atoms with Gasteiger partial charge in [-0.1, -0.05) is 18.5 Å². The topological polar surface area (TPSA) is 66.3 Å². The van der Waals surface area contributed by atoms with Crippen LogP contribution in [0.15, 0.2) is 30.6 Å². The van der Waals surface area contributed by atoms with Crippen LogP contribution >= 0.6 is 11.6 Å². The van der Waals surface area contributed by atoms with Gasteiger partial charge in [-0.2, -0.15) is 5.10 Å². The van der Waals surface area contributed by atoms with E-state index in [-0.39, 0.29) is 11.9 Å². The maximum absolute atomic E-state index is 13.3. The summed E-state index contributed by atoms with van der Waals surface area (Å²) in [5.74, 6) is -0.00119. The average Bonchev–Trinajstić information content (AvgIpc) is 3.31. The third kappa shape index (κ3) is 2.38. The Morgan fingerprint density at radius 1 is 1.42 bits per heavy atom. The van der Waals surface area contributed by atoms with Crippen molar-refractivity contribution >= 4 is 23.2 Å². The SMILES string of the molecule is CCc1nc2ccc(Cl)cn2c1C(=O)N1CCCC1c1ccn[nH]1. The highest BCUT2D eigenvalue weighted by Gasteiger charge is 2.34. The van der Waals surface area contributed by atoms with Gasteiger partial charge in [-0.25, -0.2) is 4.98 Å². The molecule has 0 aliphatic carbocycles. The number of hydrogen-bond donors (Lipinski definition) is 1. The predicted octanol–water partition coefficient (Wildman–Crippen LogP) is 3.25. The highest BCUT2D eigenvalue weighted by Crippen LogP contribution is 2.32. The molecule has 1 amide bonds. The standard InChI is InChI=1S/C17H18ClN5O/c1-2-12-16(23-10-11(18)5-6-15(23)20-12)17(24)22-9-3-4-14(22)13-7-8-19-21-13/h5-8,10,14H,2-4,9H2,1H3,(H,19,21). The quantitative estimate of drug-likeness (QED) is 0.793. The number of halogens is 1. The lowest BCUT2D eigenvalue weighted by Gasteiger charge is -2.24. The molecular formula is C17H18ClN5O. The Balaban J connectivity index is 1.79. The molecule has 0 aromatic carbocycles. The lowest BCUT2D eigenvalue weighted by atomic mass is 10.1. The number of aryl methyl sites for hydroxylation is 1. The van der Waals surface area contributed by atoms with Gasteiger partial charge >= 0.3 is 0 Å². The largest absolute Gasteiger partial charge is 0.329 e. The van der Waals surface area contributed by atoms with Gasteiger partial charge in [0.2, 0.25) is 0 Å². The number of pyridine rings is 1. The molecular weight excluding hydrogens is 326 g/mol. The molecule has 24 heavy (non-hydrogen) atoms. The summed E-state index contributed by atoms with van der Waals surface area (Å²) in [6, 6.07) is 5.60. The molecule has 4 rings (SSSR count). The average molecular weight is 344 g/mol. The summed E-state index contributed by atoms with van der Waals surface area (Å²) < 4.78 is 1.81. The smallest absolute Gasteiger partial charge is 0.273 e. The van der Waals surface area contributed by atoms with Crippen molar-refractivity contribution in [2.75, 3.05) is 6.54 Å². The molecule has 0 radical (unpaired) electrons. The molecule has 1 aliphatic rings. The number of amides is 1. The lowest BCUT2D eigenvalue weighted by molar-refractivity contribution is 0.0724. The van der Waals surface area contributed by atoms with E-state index < -0.39 is 0 Å². The van der Waals surface area contributed by atoms with E-state index in [0.29, 0.717) is 17.1 Å². The van der Waals surface area contributed by atoms with Crippen molar-refractivity contribution in [2.24, 2.45) is 0 Å². The highest BCUT2D eigenvalue weighted by atomic mass is 35.5. The molecule has 1 saturated heterocycles. The van der Waals surface area contributed by atoms with Gasteiger partial charge in [0.15, 0.2) is 0 Å². The molecule has 4 heterocycles. The molecule has 3 aromatic rings. The summed E-state index contributed by atoms with van der Waals surface area (Å²) in [5, 5.41) is 7.60. The molecule has 6 nitrogen and oxygen atoms in total. The summed E-state index contributed by atoms with van der Waals surface area (Å²) >= 11 is 6.13. The van der Waals surface area contributed by atoms with Crippen molar-refractivity contribution in [2.45, 2.75) is 32.2 Å². The van der Waals surface area contributed by atoms with Crippen LogP contribution in [-0.4, -0.2) is 36.9 Å². The Morgan fingerprint density at radius 3 is 3.04 bits per heavy atom. The number of carbonyl (C=O) groups excluding carboxylic acids is 1. The minimum atomic E-state index is -0.00119. The van der Waals surface area contributed by atoms with Gasteiger partial charge in [0, 0.05) is 18.9 Å². The van der Waals surface area contributed by atoms with Gasteiger partial charge in [0.25, 0.3) is 5.91 Å². The summed E-state index contributed by atoms with van der Waals surface area (Å²) in [6.07, 6.45) is 6.10. The van der Waals surface area contributed by atoms with Crippen LogP contribution < -0.4 is 0 Å². The van der Waals surface area contributed by atoms with Crippen LogP contribution in [0, 0.1) is 0 Å². The second-order valence-corrected chi connectivity index (χ2v) is 6.44. The molecule has 1 atom stereocenters. The van der Waals surface area contributed by atoms with Gasteiger partial charge in [-0.3, -0.25) is 14.3 Å². The molecule has 0 bridgehead atoms. The number of nitrogens with zero attached hydrogens (tertiary/aromatic N) is 4. The number of H-pyrrole nitrogens is 1. The fourth-order valence-corrected chi connectivity index (χ4v) is 3.62. The van der Waals surface area contributed by atoms with Crippen molar-refractivity contribution in [1.82, 2.24) is 24.5 Å². The summed E-state index contributed by atoms with van der Waals surface area (Å²) in [7, 11) is 0. The van der Waals surface area contributed by atoms with Gasteiger partial charge in [-0.15, -0.1) is 0 Å². The lowest BCUT2D eigenvalue weighted by Crippen LogP contribution is -2.32. The Bertz CT molecular complexity index is 886. The molecule has 1 fully saturated rings. The summed E-state index contributed by atoms with van der Waals surface area (Å²) in [5.41, 5.74) is 3.14. The van der Waals surface area contributed by atoms with E-state index >= 15 is 0 Å². The summed E-state index contributed by atoms with van der Waals surface area (Å²) in [4.78, 5) is 19.8. The van der Waals surface area contributed by atoms with Gasteiger partial charge in [0.1, 0.15) is 11.3 Å². The van der Waals surface area contributed by atoms with Crippen molar-refractivity contribution in [1.29, 1.82) is 0 Å². The summed E-state index contributed by atoms with van der Waals surface area (Å²) in [6.45, 7) is 2.75. The number of nitrogens with one attached hydrogen (secondary N) is 1. The minimum absolute atomic E-state index is 0.00119. The van der Waals surface area contributed by atoms with Crippen LogP contribution in [0.5, 0.6) is 0 Å². The normalized spacial score (nSPS) is 17.8. The maximum Gasteiger partial charge on any atom is 0.273 e. The maximum atomic E-state index is 13.3. The number of aromatic nitrogens is 4. The minimum Gasteiger partial charge on any atom is -0.329 e. The molecule has 124 valence electrons. The Hall–Kier alpha value is -2.34. The van der Waals surface area contributed by atoms with Crippen molar-refractivity contribution in [3.63, 3.8) is 0 Å². The fourth-order valence-electron chi connectivity index (χ4n) is 3.46. The monoisotopic (exact) mass is 343 g/mol. The van der Waals surface area contributed by atoms with E-state index in [0.717, 1.165) is 36.4 Å². The van der Waals surface area contributed by atoms with Gasteiger partial charge in [-0.05, 0) is 37.5 Å². The second-order valence-electron chi connectivity index (χ2n) is 6.00. The van der Waals surface area contributed by atoms with Crippen LogP contribution in [0.1, 0.15) is 47.7 Å². The van der Waals surface area contributed by atoms with E-state index in [1.54, 1.807) is 18.5 Å². The molecule has 7 heteroatoms. The zero-order valence-corrected chi connectivity index (χ0v) is 14.1. The first-order valence-corrected chi connectivity index (χ1v) is 8.53. The van der Waals surface area contributed by atoms with Gasteiger partial charge < -0.3 is 4.90 Å². The van der Waals surface area contributed by atoms with E-state index in [1.165, 1.54) is 0 Å². The number of imidazole rings is 1. The van der Waals surface area contributed by atoms with Crippen LogP contribution in [0.2, 0.25) is 5.02 Å². The van der Waals surface area contributed by atoms with Crippen LogP contribution in [-0.2, 0) is 6.42 Å². The first kappa shape index (κ1) is 15.2. The van der Waals surface area contributed by atoms with E-state index in [4.69, 9.17) is 11.6 Å². The van der Waals surface area contributed by atoms with E-state index in [2.05, 4.69) is 15.2 Å². The predicted molar refractivity (Wildman–Crippen MR) is 91.2 cm³/mol. The van der Waals surface area contributed by atoms with E-state index in [1.807, 2.05) is 28.4 Å². The Labute approximate surface area is 144 Å². The van der Waals surface area contributed by atoms with Crippen LogP contribution in [0.4, 0.5) is 0 Å². The Kier molecular flexibility index (Phi) is 3.76. The zero-order valence-electron chi connectivity index (χ0n) is 13.4. The van der Waals surface area contributed by atoms with Crippen LogP contribution in [0.3, 0.4) is 0 Å². The van der Waals surface area contributed by atoms with Crippen LogP contribution in [0.25, 0.3) is 5.65 Å². The molecule has 1 N–H and O–H groups in total. The number of hydrogen-bond acceptors (Lipinski definition) is 3. The van der Waals surface area contributed by atoms with Crippen molar-refractivity contribution < 1.29 is 4.79 Å². The fraction of sp³-hybridized carbons (Fsp3) is 0.353.